The highest BCUT2D eigenvalue weighted by Gasteiger charge is 2.58. The standard InChI is InChI=1S/C26H27FN2O4S/c1-4-33-21-13-14-24(27)23(16-21)19-9-8-10-20(15-19)26(17-28-25(30)29(26)18(2)3)34(31,32)22-11-6-5-7-12-22/h5-16,18H,4,17H2,1-3H3,(H,28,30). The maximum absolute atomic E-state index is 14.8. The molecule has 0 aromatic heterocycles. The van der Waals surface area contributed by atoms with Crippen LogP contribution in [0.5, 0.6) is 5.75 Å². The average molecular weight is 483 g/mol. The molecule has 1 heterocycles. The van der Waals surface area contributed by atoms with Crippen LogP contribution in [0.25, 0.3) is 11.1 Å². The number of benzene rings is 3. The Labute approximate surface area is 199 Å². The zero-order valence-corrected chi connectivity index (χ0v) is 20.1. The van der Waals surface area contributed by atoms with E-state index >= 15 is 0 Å². The third-order valence-corrected chi connectivity index (χ3v) is 8.33. The molecule has 4 rings (SSSR count). The van der Waals surface area contributed by atoms with Gasteiger partial charge in [0.1, 0.15) is 11.6 Å². The number of hydrogen-bond acceptors (Lipinski definition) is 4. The first kappa shape index (κ1) is 23.8. The van der Waals surface area contributed by atoms with Gasteiger partial charge in [-0.2, -0.15) is 0 Å². The number of rotatable bonds is 7. The van der Waals surface area contributed by atoms with E-state index in [1.807, 2.05) is 6.92 Å². The van der Waals surface area contributed by atoms with Crippen molar-refractivity contribution in [2.24, 2.45) is 0 Å². The molecule has 8 heteroatoms. The van der Waals surface area contributed by atoms with Gasteiger partial charge >= 0.3 is 6.03 Å². The van der Waals surface area contributed by atoms with Crippen LogP contribution in [-0.2, 0) is 14.7 Å². The molecular formula is C26H27FN2O4S. The molecule has 1 aliphatic heterocycles. The third-order valence-electron chi connectivity index (χ3n) is 5.98. The second-order valence-corrected chi connectivity index (χ2v) is 10.5. The van der Waals surface area contributed by atoms with Gasteiger partial charge < -0.3 is 10.1 Å². The van der Waals surface area contributed by atoms with Crippen molar-refractivity contribution in [2.45, 2.75) is 36.6 Å². The molecule has 0 spiro atoms. The maximum atomic E-state index is 14.8. The third kappa shape index (κ3) is 3.81. The lowest BCUT2D eigenvalue weighted by Gasteiger charge is -2.39. The van der Waals surface area contributed by atoms with Crippen molar-refractivity contribution >= 4 is 15.9 Å². The van der Waals surface area contributed by atoms with E-state index in [-0.39, 0.29) is 17.0 Å². The number of nitrogens with zero attached hydrogens (tertiary/aromatic N) is 1. The first-order valence-electron chi connectivity index (χ1n) is 11.1. The fourth-order valence-electron chi connectivity index (χ4n) is 4.51. The lowest BCUT2D eigenvalue weighted by molar-refractivity contribution is 0.170. The van der Waals surface area contributed by atoms with Crippen molar-refractivity contribution < 1.29 is 22.3 Å². The van der Waals surface area contributed by atoms with Crippen LogP contribution in [0, 0.1) is 5.82 Å². The first-order valence-corrected chi connectivity index (χ1v) is 12.6. The van der Waals surface area contributed by atoms with Gasteiger partial charge in [-0.1, -0.05) is 36.4 Å². The molecule has 0 saturated carbocycles. The minimum Gasteiger partial charge on any atom is -0.494 e. The van der Waals surface area contributed by atoms with Crippen LogP contribution in [0.15, 0.2) is 77.7 Å². The van der Waals surface area contributed by atoms with E-state index in [0.29, 0.717) is 23.5 Å². The molecule has 0 bridgehead atoms. The average Bonchev–Trinajstić information content (AvgIpc) is 3.20. The van der Waals surface area contributed by atoms with E-state index in [0.717, 1.165) is 0 Å². The normalized spacial score (nSPS) is 18.3. The molecule has 3 aromatic rings. The summed E-state index contributed by atoms with van der Waals surface area (Å²) in [6.45, 7) is 5.68. The molecule has 1 atom stereocenters. The number of carbonyl (C=O) groups excluding carboxylic acids is 1. The van der Waals surface area contributed by atoms with Gasteiger partial charge in [-0.15, -0.1) is 0 Å². The number of ether oxygens (including phenoxy) is 1. The van der Waals surface area contributed by atoms with Gasteiger partial charge in [0.25, 0.3) is 0 Å². The van der Waals surface area contributed by atoms with Crippen LogP contribution < -0.4 is 10.1 Å². The zero-order chi connectivity index (χ0) is 24.5. The number of hydrogen-bond donors (Lipinski definition) is 1. The molecule has 1 saturated heterocycles. The van der Waals surface area contributed by atoms with Gasteiger partial charge in [0.05, 0.1) is 18.0 Å². The molecule has 3 aromatic carbocycles. The summed E-state index contributed by atoms with van der Waals surface area (Å²) in [4.78, 5) is 12.6. The van der Waals surface area contributed by atoms with Gasteiger partial charge in [-0.25, -0.2) is 17.6 Å². The summed E-state index contributed by atoms with van der Waals surface area (Å²) >= 11 is 0. The Bertz CT molecular complexity index is 1310. The summed E-state index contributed by atoms with van der Waals surface area (Å²) in [7, 11) is -4.08. The summed E-state index contributed by atoms with van der Waals surface area (Å²) in [5.74, 6) is 0.0550. The highest BCUT2D eigenvalue weighted by Crippen LogP contribution is 2.44. The van der Waals surface area contributed by atoms with Gasteiger partial charge in [-0.3, -0.25) is 4.90 Å². The number of amides is 2. The molecule has 2 amide bonds. The van der Waals surface area contributed by atoms with E-state index in [1.165, 1.54) is 23.1 Å². The Balaban J connectivity index is 1.95. The van der Waals surface area contributed by atoms with E-state index in [4.69, 9.17) is 4.74 Å². The summed E-state index contributed by atoms with van der Waals surface area (Å²) < 4.78 is 48.6. The lowest BCUT2D eigenvalue weighted by Crippen LogP contribution is -2.53. The molecule has 1 N–H and O–H groups in total. The van der Waals surface area contributed by atoms with Crippen LogP contribution in [0.4, 0.5) is 9.18 Å². The molecule has 1 aliphatic rings. The number of halogens is 1. The van der Waals surface area contributed by atoms with E-state index < -0.39 is 32.6 Å². The summed E-state index contributed by atoms with van der Waals surface area (Å²) in [5.41, 5.74) is 1.15. The van der Waals surface area contributed by atoms with Crippen molar-refractivity contribution in [3.63, 3.8) is 0 Å². The van der Waals surface area contributed by atoms with Crippen LogP contribution in [-0.4, -0.2) is 38.5 Å². The molecule has 1 unspecified atom stereocenters. The number of urea groups is 1. The predicted molar refractivity (Wildman–Crippen MR) is 129 cm³/mol. The molecule has 34 heavy (non-hydrogen) atoms. The maximum Gasteiger partial charge on any atom is 0.319 e. The smallest absolute Gasteiger partial charge is 0.319 e. The fraction of sp³-hybridized carbons (Fsp3) is 0.269. The van der Waals surface area contributed by atoms with Crippen molar-refractivity contribution in [3.05, 3.63) is 84.2 Å². The second-order valence-electron chi connectivity index (χ2n) is 8.38. The van der Waals surface area contributed by atoms with E-state index in [2.05, 4.69) is 5.32 Å². The largest absolute Gasteiger partial charge is 0.494 e. The van der Waals surface area contributed by atoms with Crippen molar-refractivity contribution in [1.82, 2.24) is 10.2 Å². The fourth-order valence-corrected chi connectivity index (χ4v) is 6.67. The van der Waals surface area contributed by atoms with Crippen molar-refractivity contribution in [1.29, 1.82) is 0 Å². The number of carbonyl (C=O) groups is 1. The highest BCUT2D eigenvalue weighted by molar-refractivity contribution is 7.92. The lowest BCUT2D eigenvalue weighted by atomic mass is 9.97. The summed E-state index contributed by atoms with van der Waals surface area (Å²) in [6.07, 6.45) is 0. The van der Waals surface area contributed by atoms with E-state index in [1.54, 1.807) is 68.4 Å². The topological polar surface area (TPSA) is 75.7 Å². The SMILES string of the molecule is CCOc1ccc(F)c(-c2cccc(C3(S(=O)(=O)c4ccccc4)CNC(=O)N3C(C)C)c2)c1. The first-order chi connectivity index (χ1) is 16.2. The van der Waals surface area contributed by atoms with Crippen LogP contribution in [0.2, 0.25) is 0 Å². The quantitative estimate of drug-likeness (QED) is 0.517. The zero-order valence-electron chi connectivity index (χ0n) is 19.3. The molecule has 6 nitrogen and oxygen atoms in total. The van der Waals surface area contributed by atoms with Crippen molar-refractivity contribution in [2.75, 3.05) is 13.2 Å². The van der Waals surface area contributed by atoms with Crippen molar-refractivity contribution in [3.8, 4) is 16.9 Å². The van der Waals surface area contributed by atoms with E-state index in [9.17, 15) is 17.6 Å². The molecule has 0 aliphatic carbocycles. The molecule has 0 radical (unpaired) electrons. The Kier molecular flexibility index (Phi) is 6.36. The minimum absolute atomic E-state index is 0.104. The summed E-state index contributed by atoms with van der Waals surface area (Å²) in [6, 6.07) is 18.4. The van der Waals surface area contributed by atoms with Crippen LogP contribution >= 0.6 is 0 Å². The highest BCUT2D eigenvalue weighted by atomic mass is 32.2. The molecule has 1 fully saturated rings. The van der Waals surface area contributed by atoms with Gasteiger partial charge in [0, 0.05) is 11.6 Å². The monoisotopic (exact) mass is 482 g/mol. The molecular weight excluding hydrogens is 455 g/mol. The number of sulfone groups is 1. The van der Waals surface area contributed by atoms with Crippen LogP contribution in [0.1, 0.15) is 26.3 Å². The summed E-state index contributed by atoms with van der Waals surface area (Å²) in [5, 5.41) is 2.73. The van der Waals surface area contributed by atoms with Crippen LogP contribution in [0.3, 0.4) is 0 Å². The van der Waals surface area contributed by atoms with Gasteiger partial charge in [0.2, 0.25) is 9.84 Å². The second kappa shape index (κ2) is 9.10. The minimum atomic E-state index is -4.08. The Hall–Kier alpha value is -3.39. The predicted octanol–water partition coefficient (Wildman–Crippen LogP) is 4.95. The Morgan fingerprint density at radius 1 is 1.06 bits per heavy atom. The Morgan fingerprint density at radius 2 is 1.79 bits per heavy atom. The van der Waals surface area contributed by atoms with Gasteiger partial charge in [0.15, 0.2) is 4.87 Å². The Morgan fingerprint density at radius 3 is 2.47 bits per heavy atom. The van der Waals surface area contributed by atoms with Gasteiger partial charge in [-0.05, 0) is 68.3 Å². The number of nitrogens with one attached hydrogen (secondary N) is 1. The molecule has 178 valence electrons.